The number of thioether (sulfide) groups is 1. The number of hydrogen-bond donors (Lipinski definition) is 0. The van der Waals surface area contributed by atoms with Crippen LogP contribution in [0.3, 0.4) is 0 Å². The van der Waals surface area contributed by atoms with Gasteiger partial charge in [0.1, 0.15) is 18.1 Å². The number of aromatic nitrogens is 5. The smallest absolute Gasteiger partial charge is 0.226 e. The standard InChI is InChI=1S/C27H25N5O3S/c1-3-25-29-30-26(35-25)18-36-27-31-28-24(32(27)21-14-8-10-16-23(21)33-2)17-34-22-15-9-7-13-20(22)19-11-5-4-6-12-19/h4-16H,3,17-18H2,1-2H3. The normalized spacial score (nSPS) is 10.9. The fourth-order valence-electron chi connectivity index (χ4n) is 3.75. The van der Waals surface area contributed by atoms with Crippen molar-refractivity contribution in [1.82, 2.24) is 25.0 Å². The fourth-order valence-corrected chi connectivity index (χ4v) is 4.55. The molecule has 2 heterocycles. The van der Waals surface area contributed by atoms with Gasteiger partial charge < -0.3 is 13.9 Å². The van der Waals surface area contributed by atoms with E-state index < -0.39 is 0 Å². The lowest BCUT2D eigenvalue weighted by molar-refractivity contribution is 0.293. The zero-order valence-electron chi connectivity index (χ0n) is 20.0. The molecule has 0 saturated carbocycles. The van der Waals surface area contributed by atoms with Crippen LogP contribution in [0, 0.1) is 0 Å². The largest absolute Gasteiger partial charge is 0.495 e. The molecule has 0 aliphatic rings. The summed E-state index contributed by atoms with van der Waals surface area (Å²) in [6.07, 6.45) is 0.695. The van der Waals surface area contributed by atoms with Crippen LogP contribution in [0.2, 0.25) is 0 Å². The van der Waals surface area contributed by atoms with E-state index in [1.165, 1.54) is 11.8 Å². The molecule has 0 aliphatic heterocycles. The first-order valence-electron chi connectivity index (χ1n) is 11.6. The van der Waals surface area contributed by atoms with E-state index in [1.54, 1.807) is 7.11 Å². The van der Waals surface area contributed by atoms with Gasteiger partial charge in [-0.25, -0.2) is 0 Å². The number of rotatable bonds is 10. The van der Waals surface area contributed by atoms with E-state index in [4.69, 9.17) is 13.9 Å². The zero-order valence-corrected chi connectivity index (χ0v) is 20.8. The van der Waals surface area contributed by atoms with E-state index in [2.05, 4.69) is 32.5 Å². The summed E-state index contributed by atoms with van der Waals surface area (Å²) in [6.45, 7) is 2.20. The molecule has 36 heavy (non-hydrogen) atoms. The molecule has 5 aromatic rings. The first kappa shape index (κ1) is 23.6. The Bertz CT molecular complexity index is 1430. The maximum atomic E-state index is 6.29. The Hall–Kier alpha value is -4.11. The van der Waals surface area contributed by atoms with Gasteiger partial charge in [-0.2, -0.15) is 0 Å². The average Bonchev–Trinajstić information content (AvgIpc) is 3.58. The predicted molar refractivity (Wildman–Crippen MR) is 137 cm³/mol. The molecule has 182 valence electrons. The van der Waals surface area contributed by atoms with Gasteiger partial charge >= 0.3 is 0 Å². The molecule has 0 N–H and O–H groups in total. The summed E-state index contributed by atoms with van der Waals surface area (Å²) in [5, 5.41) is 17.7. The second-order valence-electron chi connectivity index (χ2n) is 7.79. The lowest BCUT2D eigenvalue weighted by Crippen LogP contribution is -2.08. The summed E-state index contributed by atoms with van der Waals surface area (Å²) in [4.78, 5) is 0. The summed E-state index contributed by atoms with van der Waals surface area (Å²) >= 11 is 1.46. The van der Waals surface area contributed by atoms with Crippen molar-refractivity contribution in [2.75, 3.05) is 7.11 Å². The summed E-state index contributed by atoms with van der Waals surface area (Å²) < 4.78 is 19.5. The van der Waals surface area contributed by atoms with Crippen molar-refractivity contribution >= 4 is 11.8 Å². The third-order valence-electron chi connectivity index (χ3n) is 5.49. The highest BCUT2D eigenvalue weighted by molar-refractivity contribution is 7.98. The molecule has 0 saturated heterocycles. The molecule has 0 fully saturated rings. The first-order chi connectivity index (χ1) is 17.8. The molecule has 5 rings (SSSR count). The molecule has 0 radical (unpaired) electrons. The highest BCUT2D eigenvalue weighted by Gasteiger charge is 2.19. The molecular weight excluding hydrogens is 474 g/mol. The Labute approximate surface area is 213 Å². The van der Waals surface area contributed by atoms with Gasteiger partial charge in [0, 0.05) is 12.0 Å². The molecule has 0 spiro atoms. The van der Waals surface area contributed by atoms with Crippen LogP contribution >= 0.6 is 11.8 Å². The van der Waals surface area contributed by atoms with Crippen molar-refractivity contribution in [3.63, 3.8) is 0 Å². The predicted octanol–water partition coefficient (Wildman–Crippen LogP) is 5.76. The first-order valence-corrected chi connectivity index (χ1v) is 12.5. The summed E-state index contributed by atoms with van der Waals surface area (Å²) in [7, 11) is 1.65. The van der Waals surface area contributed by atoms with Crippen molar-refractivity contribution < 1.29 is 13.9 Å². The van der Waals surface area contributed by atoms with Crippen molar-refractivity contribution in [3.8, 4) is 28.3 Å². The van der Waals surface area contributed by atoms with Crippen LogP contribution in [0.15, 0.2) is 88.4 Å². The van der Waals surface area contributed by atoms with Gasteiger partial charge in [-0.1, -0.05) is 79.3 Å². The van der Waals surface area contributed by atoms with Crippen LogP contribution in [-0.2, 0) is 18.8 Å². The van der Waals surface area contributed by atoms with Gasteiger partial charge in [0.15, 0.2) is 11.0 Å². The Morgan fingerprint density at radius 1 is 0.806 bits per heavy atom. The fraction of sp³-hybridized carbons (Fsp3) is 0.185. The van der Waals surface area contributed by atoms with E-state index in [-0.39, 0.29) is 6.61 Å². The topological polar surface area (TPSA) is 88.1 Å². The minimum atomic E-state index is 0.218. The quantitative estimate of drug-likeness (QED) is 0.224. The molecule has 3 aromatic carbocycles. The highest BCUT2D eigenvalue weighted by atomic mass is 32.2. The number of hydrogen-bond acceptors (Lipinski definition) is 8. The number of benzene rings is 3. The molecule has 0 atom stereocenters. The summed E-state index contributed by atoms with van der Waals surface area (Å²) in [6, 6.07) is 25.9. The van der Waals surface area contributed by atoms with Crippen LogP contribution < -0.4 is 9.47 Å². The average molecular weight is 500 g/mol. The molecule has 0 bridgehead atoms. The molecule has 0 amide bonds. The Kier molecular flexibility index (Phi) is 7.28. The summed E-state index contributed by atoms with van der Waals surface area (Å²) in [5.41, 5.74) is 2.92. The van der Waals surface area contributed by atoms with Gasteiger partial charge in [-0.15, -0.1) is 20.4 Å². The van der Waals surface area contributed by atoms with Crippen molar-refractivity contribution in [3.05, 3.63) is 96.5 Å². The minimum Gasteiger partial charge on any atom is -0.495 e. The molecular formula is C27H25N5O3S. The SMILES string of the molecule is CCc1nnc(CSc2nnc(COc3ccccc3-c3ccccc3)n2-c2ccccc2OC)o1. The van der Waals surface area contributed by atoms with E-state index in [0.29, 0.717) is 40.7 Å². The van der Waals surface area contributed by atoms with E-state index >= 15 is 0 Å². The molecule has 0 unspecified atom stereocenters. The van der Waals surface area contributed by atoms with Crippen LogP contribution in [-0.4, -0.2) is 32.1 Å². The lowest BCUT2D eigenvalue weighted by atomic mass is 10.1. The van der Waals surface area contributed by atoms with Crippen molar-refractivity contribution in [2.45, 2.75) is 30.9 Å². The lowest BCUT2D eigenvalue weighted by Gasteiger charge is -2.15. The number of aryl methyl sites for hydroxylation is 1. The maximum Gasteiger partial charge on any atom is 0.226 e. The van der Waals surface area contributed by atoms with Crippen LogP contribution in [0.4, 0.5) is 0 Å². The molecule has 2 aromatic heterocycles. The molecule has 9 heteroatoms. The van der Waals surface area contributed by atoms with Gasteiger partial charge in [0.05, 0.1) is 18.6 Å². The minimum absolute atomic E-state index is 0.218. The van der Waals surface area contributed by atoms with Gasteiger partial charge in [0.2, 0.25) is 11.8 Å². The Morgan fingerprint density at radius 2 is 1.53 bits per heavy atom. The zero-order chi connectivity index (χ0) is 24.7. The second kappa shape index (κ2) is 11.1. The monoisotopic (exact) mass is 499 g/mol. The van der Waals surface area contributed by atoms with Crippen molar-refractivity contribution in [2.24, 2.45) is 0 Å². The van der Waals surface area contributed by atoms with E-state index in [1.807, 2.05) is 78.2 Å². The highest BCUT2D eigenvalue weighted by Crippen LogP contribution is 2.32. The van der Waals surface area contributed by atoms with Gasteiger partial charge in [-0.3, -0.25) is 4.57 Å². The van der Waals surface area contributed by atoms with Crippen LogP contribution in [0.1, 0.15) is 24.5 Å². The Morgan fingerprint density at radius 3 is 2.31 bits per heavy atom. The van der Waals surface area contributed by atoms with E-state index in [0.717, 1.165) is 22.6 Å². The maximum absolute atomic E-state index is 6.29. The van der Waals surface area contributed by atoms with Crippen LogP contribution in [0.25, 0.3) is 16.8 Å². The summed E-state index contributed by atoms with van der Waals surface area (Å²) in [5.74, 6) is 3.74. The third-order valence-corrected chi connectivity index (χ3v) is 6.40. The van der Waals surface area contributed by atoms with Gasteiger partial charge in [-0.05, 0) is 23.8 Å². The number of nitrogens with zero attached hydrogens (tertiary/aromatic N) is 5. The van der Waals surface area contributed by atoms with Gasteiger partial charge in [0.25, 0.3) is 0 Å². The molecule has 8 nitrogen and oxygen atoms in total. The Balaban J connectivity index is 1.45. The number of methoxy groups -OCH3 is 1. The van der Waals surface area contributed by atoms with E-state index in [9.17, 15) is 0 Å². The molecule has 0 aliphatic carbocycles. The number of para-hydroxylation sites is 3. The third kappa shape index (κ3) is 5.11. The van der Waals surface area contributed by atoms with Crippen molar-refractivity contribution in [1.29, 1.82) is 0 Å². The van der Waals surface area contributed by atoms with Crippen LogP contribution in [0.5, 0.6) is 11.5 Å². The number of ether oxygens (including phenoxy) is 2. The second-order valence-corrected chi connectivity index (χ2v) is 8.73.